The number of halogens is 1. The number of carbonyl (C=O) groups is 2. The molecule has 1 heterocycles. The fraction of sp³-hybridized carbons (Fsp3) is 0.105. The number of nitro groups is 1. The predicted octanol–water partition coefficient (Wildman–Crippen LogP) is 4.86. The summed E-state index contributed by atoms with van der Waals surface area (Å²) < 4.78 is 14.4. The highest BCUT2D eigenvalue weighted by molar-refractivity contribution is 8.01. The number of rotatable bonds is 6. The molecule has 0 bridgehead atoms. The van der Waals surface area contributed by atoms with Gasteiger partial charge in [0.15, 0.2) is 4.34 Å². The van der Waals surface area contributed by atoms with Gasteiger partial charge in [-0.25, -0.2) is 9.37 Å². The van der Waals surface area contributed by atoms with Gasteiger partial charge in [-0.05, 0) is 37.3 Å². The molecule has 2 N–H and O–H groups in total. The van der Waals surface area contributed by atoms with Crippen molar-refractivity contribution in [1.82, 2.24) is 4.98 Å². The summed E-state index contributed by atoms with van der Waals surface area (Å²) >= 11 is 2.52. The standard InChI is InChI=1S/C19H15FN4O4S2/c1-10-9-29-19(21-10)30-17-6-3-12(7-16(17)24(27)28)18(26)23-13-4-5-14(20)15(8-13)22-11(2)25/h3-9H,1-2H3,(H,22,25)(H,23,26). The molecule has 0 unspecified atom stereocenters. The number of amides is 2. The molecular weight excluding hydrogens is 431 g/mol. The maximum atomic E-state index is 13.7. The van der Waals surface area contributed by atoms with Crippen LogP contribution in [0.15, 0.2) is 51.0 Å². The Balaban J connectivity index is 1.83. The Morgan fingerprint density at radius 3 is 2.60 bits per heavy atom. The van der Waals surface area contributed by atoms with E-state index in [1.54, 1.807) is 0 Å². The van der Waals surface area contributed by atoms with Crippen LogP contribution in [0.4, 0.5) is 21.5 Å². The van der Waals surface area contributed by atoms with E-state index in [1.165, 1.54) is 48.6 Å². The Morgan fingerprint density at radius 1 is 1.20 bits per heavy atom. The number of aromatic nitrogens is 1. The van der Waals surface area contributed by atoms with Gasteiger partial charge in [0, 0.05) is 35.3 Å². The highest BCUT2D eigenvalue weighted by atomic mass is 32.2. The fourth-order valence-electron chi connectivity index (χ4n) is 2.45. The molecule has 30 heavy (non-hydrogen) atoms. The van der Waals surface area contributed by atoms with Crippen LogP contribution in [0.1, 0.15) is 23.0 Å². The first-order valence-corrected chi connectivity index (χ1v) is 10.2. The third kappa shape index (κ3) is 5.19. The first kappa shape index (κ1) is 21.4. The van der Waals surface area contributed by atoms with Crippen molar-refractivity contribution >= 4 is 52.0 Å². The van der Waals surface area contributed by atoms with Gasteiger partial charge in [-0.3, -0.25) is 19.7 Å². The van der Waals surface area contributed by atoms with E-state index in [0.717, 1.165) is 23.5 Å². The van der Waals surface area contributed by atoms with Crippen molar-refractivity contribution in [2.24, 2.45) is 0 Å². The molecule has 0 saturated heterocycles. The van der Waals surface area contributed by atoms with Crippen LogP contribution < -0.4 is 10.6 Å². The average Bonchev–Trinajstić information content (AvgIpc) is 3.08. The van der Waals surface area contributed by atoms with E-state index in [1.807, 2.05) is 12.3 Å². The fourth-order valence-corrected chi connectivity index (χ4v) is 4.33. The molecule has 0 atom stereocenters. The molecule has 2 aromatic carbocycles. The van der Waals surface area contributed by atoms with E-state index >= 15 is 0 Å². The highest BCUT2D eigenvalue weighted by Gasteiger charge is 2.20. The lowest BCUT2D eigenvalue weighted by Gasteiger charge is -2.09. The second kappa shape index (κ2) is 9.01. The van der Waals surface area contributed by atoms with Gasteiger partial charge in [0.25, 0.3) is 11.6 Å². The average molecular weight is 446 g/mol. The number of benzene rings is 2. The van der Waals surface area contributed by atoms with Crippen LogP contribution in [0, 0.1) is 22.9 Å². The molecule has 11 heteroatoms. The molecule has 0 saturated carbocycles. The summed E-state index contributed by atoms with van der Waals surface area (Å²) in [5.74, 6) is -1.73. The Labute approximate surface area is 178 Å². The summed E-state index contributed by atoms with van der Waals surface area (Å²) in [6.45, 7) is 3.06. The van der Waals surface area contributed by atoms with Crippen molar-refractivity contribution in [2.45, 2.75) is 23.1 Å². The Morgan fingerprint density at radius 2 is 1.97 bits per heavy atom. The van der Waals surface area contributed by atoms with E-state index in [0.29, 0.717) is 9.24 Å². The van der Waals surface area contributed by atoms with E-state index in [9.17, 15) is 24.1 Å². The van der Waals surface area contributed by atoms with Crippen LogP contribution >= 0.6 is 23.1 Å². The lowest BCUT2D eigenvalue weighted by molar-refractivity contribution is -0.387. The summed E-state index contributed by atoms with van der Waals surface area (Å²) in [6, 6.07) is 7.81. The number of carbonyl (C=O) groups excluding carboxylic acids is 2. The van der Waals surface area contributed by atoms with Crippen molar-refractivity contribution in [3.8, 4) is 0 Å². The van der Waals surface area contributed by atoms with Crippen molar-refractivity contribution in [2.75, 3.05) is 10.6 Å². The lowest BCUT2D eigenvalue weighted by atomic mass is 10.1. The van der Waals surface area contributed by atoms with Crippen molar-refractivity contribution < 1.29 is 18.9 Å². The summed E-state index contributed by atoms with van der Waals surface area (Å²) in [5.41, 5.74) is 0.797. The normalized spacial score (nSPS) is 10.5. The summed E-state index contributed by atoms with van der Waals surface area (Å²) in [6.07, 6.45) is 0. The van der Waals surface area contributed by atoms with Gasteiger partial charge in [-0.15, -0.1) is 11.3 Å². The zero-order valence-corrected chi connectivity index (χ0v) is 17.4. The highest BCUT2D eigenvalue weighted by Crippen LogP contribution is 2.37. The third-order valence-electron chi connectivity index (χ3n) is 3.75. The molecule has 0 radical (unpaired) electrons. The number of nitro benzene ring substituents is 1. The summed E-state index contributed by atoms with van der Waals surface area (Å²) in [5, 5.41) is 18.2. The molecule has 0 aliphatic rings. The zero-order valence-electron chi connectivity index (χ0n) is 15.8. The number of hydrogen-bond donors (Lipinski definition) is 2. The van der Waals surface area contributed by atoms with Crippen molar-refractivity contribution in [3.63, 3.8) is 0 Å². The van der Waals surface area contributed by atoms with Crippen molar-refractivity contribution in [3.05, 3.63) is 69.0 Å². The van der Waals surface area contributed by atoms with Crippen LogP contribution in [-0.4, -0.2) is 21.7 Å². The van der Waals surface area contributed by atoms with Gasteiger partial charge >= 0.3 is 0 Å². The molecule has 0 spiro atoms. The van der Waals surface area contributed by atoms with Crippen LogP contribution in [-0.2, 0) is 4.79 Å². The second-order valence-electron chi connectivity index (χ2n) is 6.13. The molecule has 3 aromatic rings. The predicted molar refractivity (Wildman–Crippen MR) is 113 cm³/mol. The quantitative estimate of drug-likeness (QED) is 0.413. The number of thiazole rings is 1. The van der Waals surface area contributed by atoms with Gasteiger partial charge in [0.1, 0.15) is 5.82 Å². The number of hydrogen-bond acceptors (Lipinski definition) is 7. The topological polar surface area (TPSA) is 114 Å². The first-order chi connectivity index (χ1) is 14.2. The smallest absolute Gasteiger partial charge is 0.284 e. The SMILES string of the molecule is CC(=O)Nc1cc(NC(=O)c2ccc(Sc3nc(C)cs3)c([N+](=O)[O-])c2)ccc1F. The molecule has 1 aromatic heterocycles. The van der Waals surface area contributed by atoms with E-state index in [-0.39, 0.29) is 22.6 Å². The molecule has 154 valence electrons. The number of anilines is 2. The maximum absolute atomic E-state index is 13.7. The molecule has 2 amide bonds. The van der Waals surface area contributed by atoms with Crippen molar-refractivity contribution in [1.29, 1.82) is 0 Å². The van der Waals surface area contributed by atoms with Crippen LogP contribution in [0.2, 0.25) is 0 Å². The van der Waals surface area contributed by atoms with Crippen LogP contribution in [0.25, 0.3) is 0 Å². The Bertz CT molecular complexity index is 1150. The molecule has 0 aliphatic carbocycles. The van der Waals surface area contributed by atoms with Crippen LogP contribution in [0.3, 0.4) is 0 Å². The third-order valence-corrected chi connectivity index (χ3v) is 5.87. The number of nitrogens with one attached hydrogen (secondary N) is 2. The Kier molecular flexibility index (Phi) is 6.43. The second-order valence-corrected chi connectivity index (χ2v) is 8.27. The van der Waals surface area contributed by atoms with Gasteiger partial charge < -0.3 is 10.6 Å². The minimum Gasteiger partial charge on any atom is -0.324 e. The van der Waals surface area contributed by atoms with Gasteiger partial charge in [-0.2, -0.15) is 0 Å². The first-order valence-electron chi connectivity index (χ1n) is 8.50. The summed E-state index contributed by atoms with van der Waals surface area (Å²) in [4.78, 5) is 39.3. The molecule has 0 fully saturated rings. The zero-order chi connectivity index (χ0) is 21.8. The monoisotopic (exact) mass is 446 g/mol. The molecule has 3 rings (SSSR count). The number of aryl methyl sites for hydroxylation is 1. The van der Waals surface area contributed by atoms with Gasteiger partial charge in [-0.1, -0.05) is 11.8 Å². The largest absolute Gasteiger partial charge is 0.324 e. The number of nitrogens with zero attached hydrogens (tertiary/aromatic N) is 2. The maximum Gasteiger partial charge on any atom is 0.284 e. The molecular formula is C19H15FN4O4S2. The molecule has 0 aliphatic heterocycles. The minimum absolute atomic E-state index is 0.0618. The minimum atomic E-state index is -0.655. The van der Waals surface area contributed by atoms with E-state index in [4.69, 9.17) is 0 Å². The van der Waals surface area contributed by atoms with E-state index in [2.05, 4.69) is 15.6 Å². The lowest BCUT2D eigenvalue weighted by Crippen LogP contribution is -2.13. The van der Waals surface area contributed by atoms with Gasteiger partial charge in [0.05, 0.1) is 15.5 Å². The van der Waals surface area contributed by atoms with E-state index < -0.39 is 22.6 Å². The Hall–Kier alpha value is -3.31. The van der Waals surface area contributed by atoms with Crippen LogP contribution in [0.5, 0.6) is 0 Å². The molecule has 8 nitrogen and oxygen atoms in total. The van der Waals surface area contributed by atoms with Gasteiger partial charge in [0.2, 0.25) is 5.91 Å². The summed E-state index contributed by atoms with van der Waals surface area (Å²) in [7, 11) is 0.